The number of para-hydroxylation sites is 1. The second kappa shape index (κ2) is 11.7. The predicted molar refractivity (Wildman–Crippen MR) is 129 cm³/mol. The molecule has 0 aliphatic heterocycles. The Morgan fingerprint density at radius 3 is 2.68 bits per heavy atom. The minimum atomic E-state index is -0.257. The number of nitrogens with zero attached hydrogens (tertiary/aromatic N) is 3. The average Bonchev–Trinajstić information content (AvgIpc) is 3.22. The van der Waals surface area contributed by atoms with Crippen molar-refractivity contribution >= 4 is 47.0 Å². The van der Waals surface area contributed by atoms with Crippen molar-refractivity contribution in [1.82, 2.24) is 15.6 Å². The van der Waals surface area contributed by atoms with E-state index in [2.05, 4.69) is 58.5 Å². The SMILES string of the molecule is C=CCc1cccc(/C=N\NC(=O)CSc2nnc(SCc3ccc(C)cc3)s2)c1O. The van der Waals surface area contributed by atoms with E-state index in [1.54, 1.807) is 23.9 Å². The number of rotatable bonds is 10. The Morgan fingerprint density at radius 2 is 1.94 bits per heavy atom. The van der Waals surface area contributed by atoms with Gasteiger partial charge in [0.05, 0.1) is 12.0 Å². The third-order valence-electron chi connectivity index (χ3n) is 4.11. The van der Waals surface area contributed by atoms with Crippen LogP contribution in [-0.4, -0.2) is 33.2 Å². The molecule has 3 rings (SSSR count). The van der Waals surface area contributed by atoms with Crippen LogP contribution in [-0.2, 0) is 17.0 Å². The molecule has 31 heavy (non-hydrogen) atoms. The molecule has 1 aromatic heterocycles. The summed E-state index contributed by atoms with van der Waals surface area (Å²) in [4.78, 5) is 12.0. The topological polar surface area (TPSA) is 87.5 Å². The van der Waals surface area contributed by atoms with Crippen LogP contribution < -0.4 is 5.43 Å². The Bertz CT molecular complexity index is 1060. The zero-order chi connectivity index (χ0) is 22.1. The van der Waals surface area contributed by atoms with Crippen LogP contribution in [0.25, 0.3) is 0 Å². The summed E-state index contributed by atoms with van der Waals surface area (Å²) in [6.45, 7) is 5.74. The third-order valence-corrected chi connectivity index (χ3v) is 7.37. The molecule has 0 saturated carbocycles. The molecule has 2 aromatic carbocycles. The number of phenols is 1. The number of hydrogen-bond acceptors (Lipinski definition) is 8. The summed E-state index contributed by atoms with van der Waals surface area (Å²) in [5.74, 6) is 0.888. The van der Waals surface area contributed by atoms with Crippen LogP contribution in [0.4, 0.5) is 0 Å². The molecular formula is C22H22N4O2S3. The lowest BCUT2D eigenvalue weighted by atomic mass is 10.1. The number of phenolic OH excluding ortho intramolecular Hbond substituents is 1. The van der Waals surface area contributed by atoms with Crippen LogP contribution in [0.5, 0.6) is 5.75 Å². The number of aromatic nitrogens is 2. The molecule has 0 fully saturated rings. The molecule has 1 amide bonds. The van der Waals surface area contributed by atoms with Crippen LogP contribution in [0.1, 0.15) is 22.3 Å². The molecule has 0 radical (unpaired) electrons. The quantitative estimate of drug-likeness (QED) is 0.191. The Hall–Kier alpha value is -2.62. The first-order valence-electron chi connectivity index (χ1n) is 9.43. The van der Waals surface area contributed by atoms with E-state index in [0.717, 1.165) is 20.0 Å². The van der Waals surface area contributed by atoms with E-state index >= 15 is 0 Å². The molecule has 6 nitrogen and oxygen atoms in total. The van der Waals surface area contributed by atoms with Crippen molar-refractivity contribution in [3.8, 4) is 5.75 Å². The number of aromatic hydroxyl groups is 1. The van der Waals surface area contributed by atoms with Crippen molar-refractivity contribution in [3.63, 3.8) is 0 Å². The summed E-state index contributed by atoms with van der Waals surface area (Å²) < 4.78 is 1.61. The van der Waals surface area contributed by atoms with Gasteiger partial charge in [0, 0.05) is 11.3 Å². The van der Waals surface area contributed by atoms with E-state index in [1.165, 1.54) is 40.4 Å². The maximum atomic E-state index is 12.0. The molecule has 0 aliphatic rings. The molecule has 160 valence electrons. The van der Waals surface area contributed by atoms with Crippen LogP contribution in [0.15, 0.2) is 68.9 Å². The van der Waals surface area contributed by atoms with Gasteiger partial charge in [-0.15, -0.1) is 16.8 Å². The van der Waals surface area contributed by atoms with Gasteiger partial charge >= 0.3 is 0 Å². The van der Waals surface area contributed by atoms with E-state index < -0.39 is 0 Å². The van der Waals surface area contributed by atoms with E-state index in [1.807, 2.05) is 12.1 Å². The zero-order valence-electron chi connectivity index (χ0n) is 16.9. The van der Waals surface area contributed by atoms with Crippen molar-refractivity contribution in [3.05, 3.63) is 77.4 Å². The highest BCUT2D eigenvalue weighted by atomic mass is 32.2. The lowest BCUT2D eigenvalue weighted by Gasteiger charge is -2.04. The smallest absolute Gasteiger partial charge is 0.250 e. The predicted octanol–water partition coefficient (Wildman–Crippen LogP) is 4.82. The molecule has 0 spiro atoms. The van der Waals surface area contributed by atoms with Crippen LogP contribution in [0, 0.1) is 6.92 Å². The Kier molecular flexibility index (Phi) is 8.69. The highest BCUT2D eigenvalue weighted by Crippen LogP contribution is 2.30. The number of carbonyl (C=O) groups excluding carboxylic acids is 1. The number of amides is 1. The highest BCUT2D eigenvalue weighted by Gasteiger charge is 2.09. The van der Waals surface area contributed by atoms with Gasteiger partial charge in [-0.2, -0.15) is 5.10 Å². The number of aryl methyl sites for hydroxylation is 1. The summed E-state index contributed by atoms with van der Waals surface area (Å²) >= 11 is 4.42. The Balaban J connectivity index is 1.44. The first-order valence-corrected chi connectivity index (χ1v) is 12.2. The highest BCUT2D eigenvalue weighted by molar-refractivity contribution is 8.03. The molecule has 0 aliphatic carbocycles. The van der Waals surface area contributed by atoms with E-state index in [4.69, 9.17) is 0 Å². The maximum Gasteiger partial charge on any atom is 0.250 e. The minimum Gasteiger partial charge on any atom is -0.507 e. The summed E-state index contributed by atoms with van der Waals surface area (Å²) in [7, 11) is 0. The van der Waals surface area contributed by atoms with Crippen molar-refractivity contribution < 1.29 is 9.90 Å². The van der Waals surface area contributed by atoms with Crippen molar-refractivity contribution in [2.45, 2.75) is 27.8 Å². The largest absolute Gasteiger partial charge is 0.507 e. The van der Waals surface area contributed by atoms with Gasteiger partial charge in [-0.05, 0) is 30.5 Å². The number of carbonyl (C=O) groups is 1. The number of benzene rings is 2. The molecule has 0 atom stereocenters. The van der Waals surface area contributed by atoms with Crippen LogP contribution in [0.3, 0.4) is 0 Å². The number of hydrogen-bond donors (Lipinski definition) is 2. The van der Waals surface area contributed by atoms with Gasteiger partial charge in [-0.3, -0.25) is 4.79 Å². The second-order valence-electron chi connectivity index (χ2n) is 6.54. The first kappa shape index (κ1) is 23.1. The summed E-state index contributed by atoms with van der Waals surface area (Å²) in [5.41, 5.74) is 6.23. The number of nitrogens with one attached hydrogen (secondary N) is 1. The monoisotopic (exact) mass is 470 g/mol. The normalized spacial score (nSPS) is 11.0. The lowest BCUT2D eigenvalue weighted by molar-refractivity contribution is -0.118. The minimum absolute atomic E-state index is 0.138. The molecule has 1 heterocycles. The maximum absolute atomic E-state index is 12.0. The van der Waals surface area contributed by atoms with Gasteiger partial charge in [0.1, 0.15) is 5.75 Å². The third kappa shape index (κ3) is 7.23. The fourth-order valence-electron chi connectivity index (χ4n) is 2.51. The zero-order valence-corrected chi connectivity index (χ0v) is 19.4. The van der Waals surface area contributed by atoms with Gasteiger partial charge in [0.25, 0.3) is 5.91 Å². The van der Waals surface area contributed by atoms with Crippen molar-refractivity contribution in [2.24, 2.45) is 5.10 Å². The van der Waals surface area contributed by atoms with Gasteiger partial charge < -0.3 is 5.11 Å². The van der Waals surface area contributed by atoms with E-state index in [-0.39, 0.29) is 17.4 Å². The molecule has 0 bridgehead atoms. The summed E-state index contributed by atoms with van der Waals surface area (Å²) in [6.07, 6.45) is 3.70. The fourth-order valence-corrected chi connectivity index (χ4v) is 5.28. The van der Waals surface area contributed by atoms with Gasteiger partial charge in [0.2, 0.25) is 0 Å². The van der Waals surface area contributed by atoms with Crippen molar-refractivity contribution in [2.75, 3.05) is 5.75 Å². The fraction of sp³-hybridized carbons (Fsp3) is 0.182. The number of thioether (sulfide) groups is 2. The standard InChI is InChI=1S/C22H22N4O2S3/c1-3-5-17-6-4-7-18(20(17)28)12-23-24-19(27)14-30-22-26-25-21(31-22)29-13-16-10-8-15(2)9-11-16/h3-4,6-12,28H,1,5,13-14H2,2H3,(H,24,27)/b23-12-. The Labute approximate surface area is 193 Å². The average molecular weight is 471 g/mol. The van der Waals surface area contributed by atoms with Gasteiger partial charge in [-0.1, -0.05) is 82.9 Å². The molecule has 2 N–H and O–H groups in total. The van der Waals surface area contributed by atoms with E-state index in [9.17, 15) is 9.90 Å². The number of allylic oxidation sites excluding steroid dienone is 1. The van der Waals surface area contributed by atoms with Crippen LogP contribution in [0.2, 0.25) is 0 Å². The first-order chi connectivity index (χ1) is 15.0. The lowest BCUT2D eigenvalue weighted by Crippen LogP contribution is -2.19. The summed E-state index contributed by atoms with van der Waals surface area (Å²) in [6, 6.07) is 13.8. The van der Waals surface area contributed by atoms with Crippen molar-refractivity contribution in [1.29, 1.82) is 0 Å². The number of hydrazone groups is 1. The molecular weight excluding hydrogens is 448 g/mol. The molecule has 0 unspecified atom stereocenters. The molecule has 9 heteroatoms. The second-order valence-corrected chi connectivity index (χ2v) is 9.96. The van der Waals surface area contributed by atoms with Gasteiger partial charge in [0.15, 0.2) is 8.68 Å². The van der Waals surface area contributed by atoms with Crippen LogP contribution >= 0.6 is 34.9 Å². The Morgan fingerprint density at radius 1 is 1.19 bits per heavy atom. The van der Waals surface area contributed by atoms with E-state index in [0.29, 0.717) is 12.0 Å². The van der Waals surface area contributed by atoms with Gasteiger partial charge in [-0.25, -0.2) is 5.43 Å². The summed E-state index contributed by atoms with van der Waals surface area (Å²) in [5, 5.41) is 22.4. The molecule has 3 aromatic rings. The molecule has 0 saturated heterocycles.